The first-order valence-electron chi connectivity index (χ1n) is 4.64. The Bertz CT molecular complexity index is 318. The van der Waals surface area contributed by atoms with Crippen LogP contribution >= 0.6 is 15.9 Å². The second-order valence-electron chi connectivity index (χ2n) is 4.28. The average molecular weight is 275 g/mol. The van der Waals surface area contributed by atoms with Crippen LogP contribution in [0.1, 0.15) is 20.8 Å². The summed E-state index contributed by atoms with van der Waals surface area (Å²) in [7, 11) is 0. The van der Waals surface area contributed by atoms with Crippen molar-refractivity contribution in [2.24, 2.45) is 0 Å². The molecule has 84 valence electrons. The zero-order valence-electron chi connectivity index (χ0n) is 8.99. The normalized spacial score (nSPS) is 21.2. The van der Waals surface area contributed by atoms with Crippen LogP contribution in [-0.4, -0.2) is 26.6 Å². The van der Waals surface area contributed by atoms with Gasteiger partial charge < -0.3 is 10.0 Å². The fraction of sp³-hybridized carbons (Fsp3) is 0.500. The summed E-state index contributed by atoms with van der Waals surface area (Å²) in [6.45, 7) is 6.08. The van der Waals surface area contributed by atoms with Gasteiger partial charge in [-0.05, 0) is 26.8 Å². The van der Waals surface area contributed by atoms with Crippen molar-refractivity contribution in [2.75, 3.05) is 0 Å². The van der Waals surface area contributed by atoms with Crippen LogP contribution in [0.15, 0.2) is 24.0 Å². The van der Waals surface area contributed by atoms with E-state index in [1.165, 1.54) is 0 Å². The molecule has 0 aromatic rings. The Hall–Kier alpha value is -0.970. The molecule has 1 heterocycles. The number of carboxylic acid groups (broad SMARTS) is 1. The van der Waals surface area contributed by atoms with Crippen LogP contribution in [0.4, 0.5) is 4.79 Å². The molecular weight excluding hydrogens is 260 g/mol. The second-order valence-corrected chi connectivity index (χ2v) is 5.22. The summed E-state index contributed by atoms with van der Waals surface area (Å²) in [4.78, 5) is 12.6. The minimum Gasteiger partial charge on any atom is -0.465 e. The topological polar surface area (TPSA) is 52.6 Å². The molecule has 0 saturated carbocycles. The Kier molecular flexibility index (Phi) is 3.44. The molecule has 1 aliphatic rings. The standard InChI is InChI=1S/C10H15BrN2O2/c1-10(2,3)13-7(11)5-4-6-8(13)12-9(14)15/h4-7,12H,1-3H3,(H,14,15). The van der Waals surface area contributed by atoms with Crippen molar-refractivity contribution in [3.63, 3.8) is 0 Å². The Labute approximate surface area is 97.8 Å². The highest BCUT2D eigenvalue weighted by Gasteiger charge is 2.30. The largest absolute Gasteiger partial charge is 0.465 e. The molecule has 0 saturated heterocycles. The summed E-state index contributed by atoms with van der Waals surface area (Å²) in [6, 6.07) is 0. The number of hydrogen-bond acceptors (Lipinski definition) is 2. The molecule has 4 nitrogen and oxygen atoms in total. The smallest absolute Gasteiger partial charge is 0.410 e. The van der Waals surface area contributed by atoms with Gasteiger partial charge >= 0.3 is 6.09 Å². The van der Waals surface area contributed by atoms with Gasteiger partial charge in [-0.25, -0.2) is 4.79 Å². The molecule has 1 aliphatic heterocycles. The third-order valence-corrected chi connectivity index (χ3v) is 2.70. The van der Waals surface area contributed by atoms with Gasteiger partial charge in [0, 0.05) is 5.54 Å². The summed E-state index contributed by atoms with van der Waals surface area (Å²) in [5, 5.41) is 11.1. The van der Waals surface area contributed by atoms with E-state index in [-0.39, 0.29) is 10.5 Å². The lowest BCUT2D eigenvalue weighted by atomic mass is 10.0. The van der Waals surface area contributed by atoms with Crippen LogP contribution < -0.4 is 5.32 Å². The predicted molar refractivity (Wildman–Crippen MR) is 62.7 cm³/mol. The van der Waals surface area contributed by atoms with E-state index < -0.39 is 6.09 Å². The molecule has 0 aliphatic carbocycles. The molecule has 0 spiro atoms. The average Bonchev–Trinajstić information content (AvgIpc) is 1.99. The molecule has 2 N–H and O–H groups in total. The zero-order chi connectivity index (χ0) is 11.6. The molecule has 0 bridgehead atoms. The minimum atomic E-state index is -1.05. The highest BCUT2D eigenvalue weighted by Crippen LogP contribution is 2.28. The van der Waals surface area contributed by atoms with Gasteiger partial charge in [0.1, 0.15) is 10.8 Å². The van der Waals surface area contributed by atoms with E-state index in [1.807, 2.05) is 37.8 Å². The van der Waals surface area contributed by atoms with E-state index in [1.54, 1.807) is 6.08 Å². The molecule has 0 aromatic heterocycles. The number of amides is 1. The summed E-state index contributed by atoms with van der Waals surface area (Å²) < 4.78 is 0. The minimum absolute atomic E-state index is 0.00403. The van der Waals surface area contributed by atoms with Gasteiger partial charge in [-0.15, -0.1) is 0 Å². The SMILES string of the molecule is CC(C)(C)N1C(NC(=O)O)=CC=CC1Br. The molecule has 1 rings (SSSR count). The van der Waals surface area contributed by atoms with Gasteiger partial charge in [-0.3, -0.25) is 5.32 Å². The van der Waals surface area contributed by atoms with Crippen molar-refractivity contribution >= 4 is 22.0 Å². The van der Waals surface area contributed by atoms with E-state index in [4.69, 9.17) is 5.11 Å². The summed E-state index contributed by atoms with van der Waals surface area (Å²) in [5.74, 6) is 0.583. The van der Waals surface area contributed by atoms with Gasteiger partial charge in [0.15, 0.2) is 0 Å². The number of hydrogen-bond donors (Lipinski definition) is 2. The fourth-order valence-electron chi connectivity index (χ4n) is 1.48. The molecule has 0 radical (unpaired) electrons. The van der Waals surface area contributed by atoms with Gasteiger partial charge in [0.25, 0.3) is 0 Å². The van der Waals surface area contributed by atoms with E-state index in [0.717, 1.165) is 0 Å². The maximum Gasteiger partial charge on any atom is 0.410 e. The Morgan fingerprint density at radius 3 is 2.67 bits per heavy atom. The molecule has 1 atom stereocenters. The Morgan fingerprint density at radius 2 is 2.20 bits per heavy atom. The van der Waals surface area contributed by atoms with Crippen molar-refractivity contribution in [1.82, 2.24) is 10.2 Å². The number of carbonyl (C=O) groups is 1. The van der Waals surface area contributed by atoms with Crippen LogP contribution in [0.2, 0.25) is 0 Å². The monoisotopic (exact) mass is 274 g/mol. The first kappa shape index (κ1) is 12.1. The lowest BCUT2D eigenvalue weighted by Gasteiger charge is -2.42. The highest BCUT2D eigenvalue weighted by atomic mass is 79.9. The quantitative estimate of drug-likeness (QED) is 0.571. The van der Waals surface area contributed by atoms with Gasteiger partial charge in [0.05, 0.1) is 0 Å². The predicted octanol–water partition coefficient (Wildman–Crippen LogP) is 2.49. The maximum atomic E-state index is 10.6. The molecule has 5 heteroatoms. The first-order valence-corrected chi connectivity index (χ1v) is 5.56. The van der Waals surface area contributed by atoms with Crippen LogP contribution in [0.25, 0.3) is 0 Å². The summed E-state index contributed by atoms with van der Waals surface area (Å²) in [5.41, 5.74) is -0.160. The van der Waals surface area contributed by atoms with E-state index in [9.17, 15) is 4.79 Å². The van der Waals surface area contributed by atoms with Crippen LogP contribution in [0.5, 0.6) is 0 Å². The van der Waals surface area contributed by atoms with Crippen molar-refractivity contribution < 1.29 is 9.90 Å². The van der Waals surface area contributed by atoms with Crippen LogP contribution in [-0.2, 0) is 0 Å². The Balaban J connectivity index is 2.95. The molecule has 15 heavy (non-hydrogen) atoms. The highest BCUT2D eigenvalue weighted by molar-refractivity contribution is 9.09. The number of rotatable bonds is 1. The summed E-state index contributed by atoms with van der Waals surface area (Å²) >= 11 is 3.49. The number of halogens is 1. The summed E-state index contributed by atoms with van der Waals surface area (Å²) in [6.07, 6.45) is 4.48. The van der Waals surface area contributed by atoms with Crippen LogP contribution in [0.3, 0.4) is 0 Å². The van der Waals surface area contributed by atoms with Gasteiger partial charge in [-0.1, -0.05) is 28.1 Å². The molecule has 0 fully saturated rings. The number of allylic oxidation sites excluding steroid dienone is 2. The fourth-order valence-corrected chi connectivity index (χ4v) is 2.49. The molecule has 1 unspecified atom stereocenters. The maximum absolute atomic E-state index is 10.6. The lowest BCUT2D eigenvalue weighted by Crippen LogP contribution is -2.49. The van der Waals surface area contributed by atoms with E-state index >= 15 is 0 Å². The molecular formula is C10H15BrN2O2. The van der Waals surface area contributed by atoms with Crippen molar-refractivity contribution in [3.8, 4) is 0 Å². The number of alkyl halides is 1. The lowest BCUT2D eigenvalue weighted by molar-refractivity contribution is 0.162. The van der Waals surface area contributed by atoms with Gasteiger partial charge in [-0.2, -0.15) is 0 Å². The molecule has 1 amide bonds. The van der Waals surface area contributed by atoms with E-state index in [0.29, 0.717) is 5.82 Å². The third kappa shape index (κ3) is 2.99. The van der Waals surface area contributed by atoms with Gasteiger partial charge in [0.2, 0.25) is 0 Å². The Morgan fingerprint density at radius 1 is 1.60 bits per heavy atom. The number of nitrogens with zero attached hydrogens (tertiary/aromatic N) is 1. The number of nitrogens with one attached hydrogen (secondary N) is 1. The first-order chi connectivity index (χ1) is 6.82. The van der Waals surface area contributed by atoms with E-state index in [2.05, 4.69) is 21.2 Å². The third-order valence-electron chi connectivity index (χ3n) is 1.99. The van der Waals surface area contributed by atoms with Crippen LogP contribution in [0, 0.1) is 0 Å². The van der Waals surface area contributed by atoms with Crippen molar-refractivity contribution in [1.29, 1.82) is 0 Å². The van der Waals surface area contributed by atoms with Crippen molar-refractivity contribution in [3.05, 3.63) is 24.0 Å². The zero-order valence-corrected chi connectivity index (χ0v) is 10.6. The van der Waals surface area contributed by atoms with Crippen molar-refractivity contribution in [2.45, 2.75) is 31.3 Å². The second kappa shape index (κ2) is 4.26. The molecule has 0 aromatic carbocycles.